The van der Waals surface area contributed by atoms with Crippen molar-refractivity contribution >= 4 is 29.2 Å². The molecular formula is C13H15ClN2O5. The Kier molecular flexibility index (Phi) is 4.90. The average molecular weight is 315 g/mol. The van der Waals surface area contributed by atoms with Crippen molar-refractivity contribution in [3.63, 3.8) is 0 Å². The third kappa shape index (κ3) is 4.16. The number of nitro groups is 1. The van der Waals surface area contributed by atoms with Crippen LogP contribution >= 0.6 is 11.6 Å². The molecule has 2 N–H and O–H groups in total. The van der Waals surface area contributed by atoms with Gasteiger partial charge < -0.3 is 10.4 Å². The molecule has 1 rings (SSSR count). The fourth-order valence-corrected chi connectivity index (χ4v) is 1.86. The van der Waals surface area contributed by atoms with E-state index in [0.717, 1.165) is 12.1 Å². The van der Waals surface area contributed by atoms with E-state index in [9.17, 15) is 19.7 Å². The maximum absolute atomic E-state index is 12.1. The van der Waals surface area contributed by atoms with Gasteiger partial charge in [-0.3, -0.25) is 14.9 Å². The highest BCUT2D eigenvalue weighted by molar-refractivity contribution is 6.34. The Hall–Kier alpha value is -2.15. The van der Waals surface area contributed by atoms with Crippen LogP contribution in [0, 0.1) is 15.5 Å². The van der Waals surface area contributed by atoms with Gasteiger partial charge in [0, 0.05) is 12.1 Å². The van der Waals surface area contributed by atoms with Crippen LogP contribution in [-0.4, -0.2) is 27.9 Å². The third-order valence-corrected chi connectivity index (χ3v) is 3.12. The lowest BCUT2D eigenvalue weighted by Crippen LogP contribution is -2.49. The first-order chi connectivity index (χ1) is 9.54. The number of rotatable bonds is 4. The molecule has 21 heavy (non-hydrogen) atoms. The lowest BCUT2D eigenvalue weighted by Gasteiger charge is -2.27. The number of carbonyl (C=O) groups is 2. The molecule has 1 amide bonds. The zero-order chi connectivity index (χ0) is 16.4. The lowest BCUT2D eigenvalue weighted by molar-refractivity contribution is -0.384. The summed E-state index contributed by atoms with van der Waals surface area (Å²) in [6.45, 7) is 4.96. The number of carboxylic acids is 1. The smallest absolute Gasteiger partial charge is 0.326 e. The molecule has 0 aliphatic heterocycles. The van der Waals surface area contributed by atoms with Crippen LogP contribution in [0.5, 0.6) is 0 Å². The number of halogens is 1. The van der Waals surface area contributed by atoms with E-state index in [0.29, 0.717) is 0 Å². The van der Waals surface area contributed by atoms with E-state index < -0.39 is 28.3 Å². The van der Waals surface area contributed by atoms with Crippen molar-refractivity contribution in [2.45, 2.75) is 26.8 Å². The Balaban J connectivity index is 3.11. The largest absolute Gasteiger partial charge is 0.480 e. The van der Waals surface area contributed by atoms with Crippen LogP contribution in [0.4, 0.5) is 5.69 Å². The van der Waals surface area contributed by atoms with Gasteiger partial charge in [0.1, 0.15) is 6.04 Å². The van der Waals surface area contributed by atoms with Crippen molar-refractivity contribution in [2.75, 3.05) is 0 Å². The number of hydrogen-bond acceptors (Lipinski definition) is 4. The van der Waals surface area contributed by atoms with Gasteiger partial charge in [0.05, 0.1) is 15.5 Å². The van der Waals surface area contributed by atoms with Gasteiger partial charge in [-0.1, -0.05) is 32.4 Å². The molecule has 0 aliphatic carbocycles. The number of hydrogen-bond donors (Lipinski definition) is 2. The standard InChI is InChI=1S/C13H15ClN2O5/c1-13(2,3)10(12(18)19)15-11(17)8-6-7(16(20)21)4-5-9(8)14/h4-6,10H,1-3H3,(H,15,17)(H,18,19)/t10-/m0/s1. The molecule has 0 fully saturated rings. The van der Waals surface area contributed by atoms with E-state index in [1.165, 1.54) is 6.07 Å². The molecule has 0 bridgehead atoms. The van der Waals surface area contributed by atoms with Gasteiger partial charge in [-0.05, 0) is 11.5 Å². The highest BCUT2D eigenvalue weighted by Crippen LogP contribution is 2.24. The maximum atomic E-state index is 12.1. The van der Waals surface area contributed by atoms with Gasteiger partial charge in [-0.2, -0.15) is 0 Å². The average Bonchev–Trinajstić information content (AvgIpc) is 2.33. The quantitative estimate of drug-likeness (QED) is 0.655. The zero-order valence-electron chi connectivity index (χ0n) is 11.7. The molecule has 0 saturated heterocycles. The number of nitrogens with zero attached hydrogens (tertiary/aromatic N) is 1. The summed E-state index contributed by atoms with van der Waals surface area (Å²) in [7, 11) is 0. The number of aliphatic carboxylic acids is 1. The molecule has 1 aromatic carbocycles. The first-order valence-electron chi connectivity index (χ1n) is 6.01. The minimum Gasteiger partial charge on any atom is -0.480 e. The summed E-state index contributed by atoms with van der Waals surface area (Å²) < 4.78 is 0. The van der Waals surface area contributed by atoms with Gasteiger partial charge in [0.15, 0.2) is 0 Å². The molecular weight excluding hydrogens is 300 g/mol. The molecule has 0 saturated carbocycles. The van der Waals surface area contributed by atoms with Crippen LogP contribution < -0.4 is 5.32 Å². The van der Waals surface area contributed by atoms with Crippen molar-refractivity contribution in [1.82, 2.24) is 5.32 Å². The van der Waals surface area contributed by atoms with Crippen molar-refractivity contribution in [2.24, 2.45) is 5.41 Å². The zero-order valence-corrected chi connectivity index (χ0v) is 12.5. The molecule has 1 aromatic rings. The number of carboxylic acid groups (broad SMARTS) is 1. The molecule has 114 valence electrons. The van der Waals surface area contributed by atoms with Gasteiger partial charge in [-0.25, -0.2) is 4.79 Å². The normalized spacial score (nSPS) is 12.6. The van der Waals surface area contributed by atoms with Gasteiger partial charge in [0.2, 0.25) is 0 Å². The summed E-state index contributed by atoms with van der Waals surface area (Å²) in [5.41, 5.74) is -1.16. The Morgan fingerprint density at radius 1 is 1.38 bits per heavy atom. The topological polar surface area (TPSA) is 110 Å². The minimum atomic E-state index is -1.20. The van der Waals surface area contributed by atoms with E-state index >= 15 is 0 Å². The second-order valence-electron chi connectivity index (χ2n) is 5.53. The van der Waals surface area contributed by atoms with Crippen LogP contribution in [0.25, 0.3) is 0 Å². The van der Waals surface area contributed by atoms with E-state index in [1.807, 2.05) is 0 Å². The maximum Gasteiger partial charge on any atom is 0.326 e. The van der Waals surface area contributed by atoms with Crippen LogP contribution in [0.1, 0.15) is 31.1 Å². The predicted octanol–water partition coefficient (Wildman–Crippen LogP) is 2.48. The van der Waals surface area contributed by atoms with Crippen LogP contribution in [-0.2, 0) is 4.79 Å². The van der Waals surface area contributed by atoms with Gasteiger partial charge in [0.25, 0.3) is 11.6 Å². The summed E-state index contributed by atoms with van der Waals surface area (Å²) >= 11 is 5.84. The number of amides is 1. The second-order valence-corrected chi connectivity index (χ2v) is 5.94. The Morgan fingerprint density at radius 3 is 2.38 bits per heavy atom. The van der Waals surface area contributed by atoms with Gasteiger partial charge in [-0.15, -0.1) is 0 Å². The molecule has 7 nitrogen and oxygen atoms in total. The summed E-state index contributed by atoms with van der Waals surface area (Å²) in [4.78, 5) is 33.4. The molecule has 0 aliphatic rings. The summed E-state index contributed by atoms with van der Waals surface area (Å²) in [5.74, 6) is -1.97. The molecule has 0 aromatic heterocycles. The Morgan fingerprint density at radius 2 is 1.95 bits per heavy atom. The lowest BCUT2D eigenvalue weighted by atomic mass is 9.86. The predicted molar refractivity (Wildman–Crippen MR) is 76.5 cm³/mol. The number of non-ortho nitro benzene ring substituents is 1. The van der Waals surface area contributed by atoms with E-state index in [4.69, 9.17) is 16.7 Å². The summed E-state index contributed by atoms with van der Waals surface area (Å²) in [6.07, 6.45) is 0. The first kappa shape index (κ1) is 16.9. The Bertz CT molecular complexity index is 595. The second kappa shape index (κ2) is 6.09. The van der Waals surface area contributed by atoms with Gasteiger partial charge >= 0.3 is 5.97 Å². The van der Waals surface area contributed by atoms with E-state index in [2.05, 4.69) is 5.32 Å². The fourth-order valence-electron chi connectivity index (χ4n) is 1.66. The first-order valence-corrected chi connectivity index (χ1v) is 6.39. The van der Waals surface area contributed by atoms with Crippen LogP contribution in [0.15, 0.2) is 18.2 Å². The van der Waals surface area contributed by atoms with Crippen molar-refractivity contribution in [3.8, 4) is 0 Å². The van der Waals surface area contributed by atoms with Crippen molar-refractivity contribution in [3.05, 3.63) is 38.9 Å². The summed E-state index contributed by atoms with van der Waals surface area (Å²) in [5, 5.41) is 22.2. The van der Waals surface area contributed by atoms with Crippen LogP contribution in [0.3, 0.4) is 0 Å². The number of nitro benzene ring substituents is 1. The third-order valence-electron chi connectivity index (χ3n) is 2.79. The SMILES string of the molecule is CC(C)(C)[C@@H](NC(=O)c1cc([N+](=O)[O-])ccc1Cl)C(=O)O. The molecule has 0 unspecified atom stereocenters. The van der Waals surface area contributed by atoms with E-state index in [1.54, 1.807) is 20.8 Å². The molecule has 0 radical (unpaired) electrons. The summed E-state index contributed by atoms with van der Waals surface area (Å²) in [6, 6.07) is 2.25. The van der Waals surface area contributed by atoms with Crippen molar-refractivity contribution in [1.29, 1.82) is 0 Å². The Labute approximate surface area is 126 Å². The fraction of sp³-hybridized carbons (Fsp3) is 0.385. The number of carbonyl (C=O) groups excluding carboxylic acids is 1. The van der Waals surface area contributed by atoms with Crippen molar-refractivity contribution < 1.29 is 19.6 Å². The number of benzene rings is 1. The highest BCUT2D eigenvalue weighted by Gasteiger charge is 2.33. The monoisotopic (exact) mass is 314 g/mol. The molecule has 0 heterocycles. The highest BCUT2D eigenvalue weighted by atomic mass is 35.5. The van der Waals surface area contributed by atoms with Crippen LogP contribution in [0.2, 0.25) is 5.02 Å². The number of nitrogens with one attached hydrogen (secondary N) is 1. The van der Waals surface area contributed by atoms with E-state index in [-0.39, 0.29) is 16.3 Å². The molecule has 8 heteroatoms. The minimum absolute atomic E-state index is 0.0103. The molecule has 0 spiro atoms. The molecule has 1 atom stereocenters.